The van der Waals surface area contributed by atoms with E-state index in [-0.39, 0.29) is 29.6 Å². The van der Waals surface area contributed by atoms with Gasteiger partial charge in [0.15, 0.2) is 0 Å². The van der Waals surface area contributed by atoms with Crippen LogP contribution in [0.15, 0.2) is 33.6 Å². The number of hydrogen-bond donors (Lipinski definition) is 2. The Bertz CT molecular complexity index is 892. The van der Waals surface area contributed by atoms with Crippen LogP contribution in [0.5, 0.6) is 0 Å². The molecule has 3 rings (SSSR count). The fourth-order valence-corrected chi connectivity index (χ4v) is 3.03. The summed E-state index contributed by atoms with van der Waals surface area (Å²) in [6.07, 6.45) is -1.82. The van der Waals surface area contributed by atoms with Gasteiger partial charge in [0.1, 0.15) is 17.0 Å². The van der Waals surface area contributed by atoms with E-state index >= 15 is 0 Å². The summed E-state index contributed by atoms with van der Waals surface area (Å²) >= 11 is 0. The Morgan fingerprint density at radius 1 is 1.36 bits per heavy atom. The van der Waals surface area contributed by atoms with Crippen molar-refractivity contribution < 1.29 is 22.4 Å². The van der Waals surface area contributed by atoms with E-state index in [2.05, 4.69) is 15.6 Å². The number of carbonyl (C=O) groups is 1. The van der Waals surface area contributed by atoms with Crippen molar-refractivity contribution in [3.05, 3.63) is 57.4 Å². The molecule has 1 aliphatic rings. The number of amides is 1. The van der Waals surface area contributed by atoms with Gasteiger partial charge in [-0.1, -0.05) is 0 Å². The topological polar surface area (TPSA) is 84.2 Å². The maximum atomic E-state index is 12.5. The summed E-state index contributed by atoms with van der Waals surface area (Å²) < 4.78 is 42.9. The third-order valence-electron chi connectivity index (χ3n) is 4.41. The first kappa shape index (κ1) is 21.9. The fraction of sp³-hybridized carbons (Fsp3) is 0.389. The highest BCUT2D eigenvalue weighted by atomic mass is 35.5. The van der Waals surface area contributed by atoms with Crippen LogP contribution in [0, 0.1) is 6.92 Å². The second kappa shape index (κ2) is 8.74. The van der Waals surface area contributed by atoms with Gasteiger partial charge in [-0.15, -0.1) is 12.4 Å². The number of aromatic nitrogens is 1. The van der Waals surface area contributed by atoms with Gasteiger partial charge in [0.05, 0.1) is 11.9 Å². The van der Waals surface area contributed by atoms with E-state index in [0.717, 1.165) is 37.7 Å². The van der Waals surface area contributed by atoms with E-state index in [4.69, 9.17) is 4.42 Å². The molecule has 1 amide bonds. The van der Waals surface area contributed by atoms with E-state index in [0.29, 0.717) is 17.9 Å². The highest BCUT2D eigenvalue weighted by Crippen LogP contribution is 2.28. The number of halogens is 4. The van der Waals surface area contributed by atoms with E-state index in [1.165, 1.54) is 0 Å². The van der Waals surface area contributed by atoms with Crippen LogP contribution in [-0.2, 0) is 6.18 Å². The number of aryl methyl sites for hydroxylation is 1. The zero-order chi connectivity index (χ0) is 19.6. The van der Waals surface area contributed by atoms with E-state index in [1.807, 2.05) is 0 Å². The number of anilines is 1. The molecule has 0 saturated carbocycles. The first-order valence-electron chi connectivity index (χ1n) is 8.45. The van der Waals surface area contributed by atoms with Gasteiger partial charge < -0.3 is 15.1 Å². The molecular formula is C18H19ClF3N3O3. The zero-order valence-electron chi connectivity index (χ0n) is 14.9. The molecule has 1 atom stereocenters. The molecule has 1 saturated heterocycles. The molecule has 1 fully saturated rings. The molecule has 10 heteroatoms. The Morgan fingerprint density at radius 2 is 2.11 bits per heavy atom. The smallest absolute Gasteiger partial charge is 0.427 e. The molecule has 0 aliphatic carbocycles. The van der Waals surface area contributed by atoms with Crippen molar-refractivity contribution in [1.82, 2.24) is 10.3 Å². The van der Waals surface area contributed by atoms with Crippen LogP contribution >= 0.6 is 12.4 Å². The summed E-state index contributed by atoms with van der Waals surface area (Å²) in [5.41, 5.74) is -1.52. The molecule has 152 valence electrons. The summed E-state index contributed by atoms with van der Waals surface area (Å²) in [6, 6.07) is 3.50. The number of pyridine rings is 1. The Hall–Kier alpha value is -2.39. The van der Waals surface area contributed by atoms with Crippen LogP contribution in [0.1, 0.15) is 46.1 Å². The third-order valence-corrected chi connectivity index (χ3v) is 4.41. The van der Waals surface area contributed by atoms with E-state index < -0.39 is 23.4 Å². The van der Waals surface area contributed by atoms with Crippen LogP contribution in [-0.4, -0.2) is 24.0 Å². The molecule has 2 aromatic rings. The van der Waals surface area contributed by atoms with Crippen LogP contribution < -0.4 is 16.3 Å². The van der Waals surface area contributed by atoms with Crippen molar-refractivity contribution in [2.75, 3.05) is 18.4 Å². The van der Waals surface area contributed by atoms with Crippen LogP contribution in [0.3, 0.4) is 0 Å². The summed E-state index contributed by atoms with van der Waals surface area (Å²) in [5.74, 6) is -0.157. The molecule has 0 aromatic carbocycles. The van der Waals surface area contributed by atoms with Gasteiger partial charge in [0.25, 0.3) is 5.91 Å². The second-order valence-corrected chi connectivity index (χ2v) is 6.42. The monoisotopic (exact) mass is 417 g/mol. The van der Waals surface area contributed by atoms with Crippen molar-refractivity contribution in [3.8, 4) is 0 Å². The van der Waals surface area contributed by atoms with E-state index in [1.54, 1.807) is 13.0 Å². The molecule has 6 nitrogen and oxygen atoms in total. The van der Waals surface area contributed by atoms with Crippen molar-refractivity contribution in [1.29, 1.82) is 0 Å². The minimum atomic E-state index is -4.57. The number of piperidine rings is 1. The Kier molecular flexibility index (Phi) is 6.84. The lowest BCUT2D eigenvalue weighted by Crippen LogP contribution is -2.30. The van der Waals surface area contributed by atoms with Gasteiger partial charge in [0, 0.05) is 12.5 Å². The summed E-state index contributed by atoms with van der Waals surface area (Å²) in [6.45, 7) is 3.24. The Balaban J connectivity index is 0.00000280. The first-order valence-corrected chi connectivity index (χ1v) is 8.45. The van der Waals surface area contributed by atoms with E-state index in [9.17, 15) is 22.8 Å². The van der Waals surface area contributed by atoms with Crippen LogP contribution in [0.25, 0.3) is 0 Å². The van der Waals surface area contributed by atoms with Gasteiger partial charge >= 0.3 is 11.8 Å². The zero-order valence-corrected chi connectivity index (χ0v) is 15.7. The third kappa shape index (κ3) is 4.90. The quantitative estimate of drug-likeness (QED) is 0.798. The molecule has 0 bridgehead atoms. The van der Waals surface area contributed by atoms with Gasteiger partial charge in [-0.25, -0.2) is 9.78 Å². The molecule has 2 aromatic heterocycles. The number of alkyl halides is 3. The lowest BCUT2D eigenvalue weighted by Gasteiger charge is -2.22. The summed E-state index contributed by atoms with van der Waals surface area (Å²) in [7, 11) is 0. The van der Waals surface area contributed by atoms with Crippen LogP contribution in [0.2, 0.25) is 0 Å². The molecule has 3 heterocycles. The number of nitrogens with one attached hydrogen (secondary N) is 2. The molecular weight excluding hydrogens is 399 g/mol. The minimum Gasteiger partial charge on any atom is -0.427 e. The van der Waals surface area contributed by atoms with Gasteiger partial charge in [-0.05, 0) is 50.1 Å². The van der Waals surface area contributed by atoms with Gasteiger partial charge in [-0.3, -0.25) is 4.79 Å². The SMILES string of the molecule is Cc1cc(C2CCCNC2)oc(=O)c1C(=O)Nc1ccc(C(F)(F)F)nc1.Cl. The number of nitrogens with zero attached hydrogens (tertiary/aromatic N) is 1. The molecule has 0 radical (unpaired) electrons. The van der Waals surface area contributed by atoms with Gasteiger partial charge in [-0.2, -0.15) is 13.2 Å². The lowest BCUT2D eigenvalue weighted by atomic mass is 9.95. The van der Waals surface area contributed by atoms with Gasteiger partial charge in [0.2, 0.25) is 0 Å². The Labute approximate surface area is 164 Å². The summed E-state index contributed by atoms with van der Waals surface area (Å²) in [4.78, 5) is 28.0. The normalized spacial score (nSPS) is 16.9. The molecule has 2 N–H and O–H groups in total. The maximum Gasteiger partial charge on any atom is 0.433 e. The molecule has 1 aliphatic heterocycles. The second-order valence-electron chi connectivity index (χ2n) is 6.42. The highest BCUT2D eigenvalue weighted by Gasteiger charge is 2.32. The molecule has 0 spiro atoms. The first-order chi connectivity index (χ1) is 12.8. The van der Waals surface area contributed by atoms with Crippen molar-refractivity contribution >= 4 is 24.0 Å². The molecule has 1 unspecified atom stereocenters. The number of carbonyl (C=O) groups excluding carboxylic acids is 1. The van der Waals surface area contributed by atoms with Crippen molar-refractivity contribution in [2.45, 2.75) is 31.9 Å². The Morgan fingerprint density at radius 3 is 2.64 bits per heavy atom. The average Bonchev–Trinajstić information content (AvgIpc) is 2.61. The molecule has 28 heavy (non-hydrogen) atoms. The van der Waals surface area contributed by atoms with Crippen molar-refractivity contribution in [3.63, 3.8) is 0 Å². The largest absolute Gasteiger partial charge is 0.433 e. The van der Waals surface area contributed by atoms with Crippen molar-refractivity contribution in [2.24, 2.45) is 0 Å². The predicted molar refractivity (Wildman–Crippen MR) is 99.0 cm³/mol. The minimum absolute atomic E-state index is 0. The lowest BCUT2D eigenvalue weighted by molar-refractivity contribution is -0.141. The standard InChI is InChI=1S/C18H18F3N3O3.ClH/c1-10-7-13(11-3-2-6-22-8-11)27-17(26)15(10)16(25)24-12-4-5-14(23-9-12)18(19,20)21;/h4-5,7,9,11,22H,2-3,6,8H2,1H3,(H,24,25);1H. The average molecular weight is 418 g/mol. The fourth-order valence-electron chi connectivity index (χ4n) is 3.03. The predicted octanol–water partition coefficient (Wildman–Crippen LogP) is 3.50. The number of hydrogen-bond acceptors (Lipinski definition) is 5. The maximum absolute atomic E-state index is 12.5. The number of rotatable bonds is 3. The highest BCUT2D eigenvalue weighted by molar-refractivity contribution is 6.04. The summed E-state index contributed by atoms with van der Waals surface area (Å²) in [5, 5.41) is 5.61. The van der Waals surface area contributed by atoms with Crippen LogP contribution in [0.4, 0.5) is 18.9 Å².